The van der Waals surface area contributed by atoms with Crippen molar-refractivity contribution in [3.8, 4) is 0 Å². The first-order chi connectivity index (χ1) is 13.1. The number of carbonyl (C=O) groups is 2. The molecule has 0 fully saturated rings. The number of sulfone groups is 1. The van der Waals surface area contributed by atoms with Gasteiger partial charge in [-0.25, -0.2) is 12.6 Å². The molecule has 0 bridgehead atoms. The smallest absolute Gasteiger partial charge is 0.322 e. The highest BCUT2D eigenvalue weighted by atomic mass is 32.2. The monoisotopic (exact) mass is 458 g/mol. The zero-order valence-electron chi connectivity index (χ0n) is 16.0. The highest BCUT2D eigenvalue weighted by Gasteiger charge is 2.41. The van der Waals surface area contributed by atoms with Gasteiger partial charge in [0.05, 0.1) is 6.42 Å². The Kier molecular flexibility index (Phi) is 13.7. The lowest BCUT2D eigenvalue weighted by atomic mass is 10.1. The molecule has 164 valence electrons. The van der Waals surface area contributed by atoms with Gasteiger partial charge in [-0.1, -0.05) is 76.9 Å². The fraction of sp³-hybridized carbons (Fsp3) is 0.824. The maximum Gasteiger partial charge on any atom is 0.322 e. The first kappa shape index (κ1) is 27.1. The first-order valence-electron chi connectivity index (χ1n) is 9.37. The predicted octanol–water partition coefficient (Wildman–Crippen LogP) is 3.17. The van der Waals surface area contributed by atoms with Crippen LogP contribution in [0.2, 0.25) is 0 Å². The molecule has 0 amide bonds. The van der Waals surface area contributed by atoms with E-state index in [1.807, 2.05) is 0 Å². The normalized spacial score (nSPS) is 14.9. The van der Waals surface area contributed by atoms with E-state index >= 15 is 0 Å². The quantitative estimate of drug-likeness (QED) is 0.180. The van der Waals surface area contributed by atoms with E-state index in [1.54, 1.807) is 0 Å². The lowest BCUT2D eigenvalue weighted by Crippen LogP contribution is -2.41. The summed E-state index contributed by atoms with van der Waals surface area (Å²) >= 11 is 2.20. The molecule has 0 aromatic rings. The summed E-state index contributed by atoms with van der Waals surface area (Å²) in [6.45, 7) is 2.15. The van der Waals surface area contributed by atoms with Gasteiger partial charge in [0, 0.05) is 0 Å². The number of hydrogen-bond acceptors (Lipinski definition) is 6. The molecule has 0 saturated carbocycles. The van der Waals surface area contributed by atoms with Gasteiger partial charge in [-0.05, 0) is 6.42 Å². The van der Waals surface area contributed by atoms with Crippen LogP contribution in [0.15, 0.2) is 0 Å². The topological polar surface area (TPSA) is 146 Å². The van der Waals surface area contributed by atoms with E-state index in [9.17, 15) is 26.8 Å². The van der Waals surface area contributed by atoms with Gasteiger partial charge in [0.2, 0.25) is 0 Å². The summed E-state index contributed by atoms with van der Waals surface area (Å²) in [6, 6.07) is 0. The second kappa shape index (κ2) is 14.1. The van der Waals surface area contributed by atoms with Crippen LogP contribution in [0, 0.1) is 0 Å². The van der Waals surface area contributed by atoms with E-state index in [2.05, 4.69) is 6.92 Å². The van der Waals surface area contributed by atoms with E-state index in [0.29, 0.717) is 6.42 Å². The second-order valence-electron chi connectivity index (χ2n) is 6.67. The molecule has 0 saturated heterocycles. The Morgan fingerprint density at radius 3 is 1.82 bits per heavy atom. The van der Waals surface area contributed by atoms with Crippen molar-refractivity contribution in [2.45, 2.75) is 88.1 Å². The van der Waals surface area contributed by atoms with Gasteiger partial charge in [-0.3, -0.25) is 9.59 Å². The van der Waals surface area contributed by atoms with Crippen LogP contribution < -0.4 is 0 Å². The van der Waals surface area contributed by atoms with Crippen LogP contribution in [0.3, 0.4) is 0 Å². The van der Waals surface area contributed by atoms with Gasteiger partial charge in [-0.15, -0.1) is 0 Å². The van der Waals surface area contributed by atoms with Crippen molar-refractivity contribution < 1.29 is 37.0 Å². The van der Waals surface area contributed by atoms with Crippen LogP contribution in [0.4, 0.5) is 0 Å². The standard InChI is InChI=1S/C17H30O8S3/c1-2-3-4-5-6-7-8-9-10-11-13(27(22)23)17(26)28(24,25)14(16(20)21)12-15(18)19/h13-14H,2-12H2,1H3,(H,18,19)(H,20,21)(H,22,23). The minimum Gasteiger partial charge on any atom is -0.481 e. The SMILES string of the molecule is CCCCCCCCCCCC(C(=S)S(=O)(=O)C(CC(=O)O)C(=O)O)S(=O)O. The van der Waals surface area contributed by atoms with E-state index in [4.69, 9.17) is 22.4 Å². The summed E-state index contributed by atoms with van der Waals surface area (Å²) in [5, 5.41) is 14.1. The predicted molar refractivity (Wildman–Crippen MR) is 112 cm³/mol. The molecule has 8 nitrogen and oxygen atoms in total. The van der Waals surface area contributed by atoms with Crippen molar-refractivity contribution in [3.05, 3.63) is 0 Å². The van der Waals surface area contributed by atoms with Crippen LogP contribution in [0.25, 0.3) is 0 Å². The summed E-state index contributed by atoms with van der Waals surface area (Å²) in [5.74, 6) is -3.46. The minimum absolute atomic E-state index is 0.0242. The number of carboxylic acid groups (broad SMARTS) is 2. The van der Waals surface area contributed by atoms with Crippen LogP contribution in [0.1, 0.15) is 77.6 Å². The van der Waals surface area contributed by atoms with Gasteiger partial charge in [0.15, 0.2) is 26.2 Å². The van der Waals surface area contributed by atoms with Gasteiger partial charge in [0.1, 0.15) is 9.45 Å². The van der Waals surface area contributed by atoms with Gasteiger partial charge < -0.3 is 14.8 Å². The number of unbranched alkanes of at least 4 members (excludes halogenated alkanes) is 8. The van der Waals surface area contributed by atoms with Crippen molar-refractivity contribution in [2.75, 3.05) is 0 Å². The molecule has 0 aromatic carbocycles. The molecular weight excluding hydrogens is 428 g/mol. The van der Waals surface area contributed by atoms with Crippen LogP contribution >= 0.6 is 12.2 Å². The lowest BCUT2D eigenvalue weighted by Gasteiger charge is -2.18. The zero-order valence-corrected chi connectivity index (χ0v) is 18.5. The molecule has 0 radical (unpaired) electrons. The molecule has 0 aromatic heterocycles. The molecule has 3 unspecified atom stereocenters. The average molecular weight is 459 g/mol. The molecule has 0 spiro atoms. The van der Waals surface area contributed by atoms with Crippen molar-refractivity contribution in [2.24, 2.45) is 0 Å². The summed E-state index contributed by atoms with van der Waals surface area (Å²) in [6.07, 6.45) is 7.88. The van der Waals surface area contributed by atoms with E-state index < -0.39 is 54.0 Å². The van der Waals surface area contributed by atoms with E-state index in [0.717, 1.165) is 25.7 Å². The van der Waals surface area contributed by atoms with Gasteiger partial charge >= 0.3 is 11.9 Å². The Labute approximate surface area is 174 Å². The van der Waals surface area contributed by atoms with E-state index in [1.165, 1.54) is 25.7 Å². The molecule has 3 N–H and O–H groups in total. The Balaban J connectivity index is 4.73. The van der Waals surface area contributed by atoms with Crippen LogP contribution in [-0.2, 0) is 30.5 Å². The van der Waals surface area contributed by atoms with Gasteiger partial charge in [-0.2, -0.15) is 0 Å². The molecule has 0 heterocycles. The molecule has 0 aliphatic rings. The van der Waals surface area contributed by atoms with Crippen molar-refractivity contribution in [1.29, 1.82) is 0 Å². The third-order valence-electron chi connectivity index (χ3n) is 4.37. The minimum atomic E-state index is -4.70. The van der Waals surface area contributed by atoms with Crippen molar-refractivity contribution in [1.82, 2.24) is 0 Å². The number of thiocarbonyl (C=S) groups is 1. The summed E-state index contributed by atoms with van der Waals surface area (Å²) < 4.78 is 44.9. The number of carboxylic acids is 2. The van der Waals surface area contributed by atoms with Crippen molar-refractivity contribution >= 4 is 49.3 Å². The third-order valence-corrected chi connectivity index (χ3v) is 8.57. The number of hydrogen-bond donors (Lipinski definition) is 3. The Hall–Kier alpha value is -0.910. The number of aliphatic carboxylic acids is 2. The third kappa shape index (κ3) is 10.0. The summed E-state index contributed by atoms with van der Waals surface area (Å²) in [4.78, 5) is 21.9. The largest absolute Gasteiger partial charge is 0.481 e. The fourth-order valence-electron chi connectivity index (χ4n) is 2.75. The fourth-order valence-corrected chi connectivity index (χ4v) is 6.04. The molecular formula is C17H30O8S3. The summed E-state index contributed by atoms with van der Waals surface area (Å²) in [5.41, 5.74) is 0. The first-order valence-corrected chi connectivity index (χ1v) is 12.5. The Morgan fingerprint density at radius 2 is 1.43 bits per heavy atom. The molecule has 3 atom stereocenters. The Bertz CT molecular complexity index is 645. The summed E-state index contributed by atoms with van der Waals surface area (Å²) in [7, 11) is -4.70. The molecule has 0 aliphatic carbocycles. The zero-order chi connectivity index (χ0) is 21.7. The molecule has 28 heavy (non-hydrogen) atoms. The highest BCUT2D eigenvalue weighted by Crippen LogP contribution is 2.20. The van der Waals surface area contributed by atoms with Crippen LogP contribution in [0.5, 0.6) is 0 Å². The number of rotatable bonds is 16. The lowest BCUT2D eigenvalue weighted by molar-refractivity contribution is -0.143. The maximum atomic E-state index is 12.4. The van der Waals surface area contributed by atoms with E-state index in [-0.39, 0.29) is 6.42 Å². The highest BCUT2D eigenvalue weighted by molar-refractivity contribution is 8.19. The maximum absolute atomic E-state index is 12.4. The molecule has 0 rings (SSSR count). The Morgan fingerprint density at radius 1 is 0.964 bits per heavy atom. The van der Waals surface area contributed by atoms with Crippen molar-refractivity contribution in [3.63, 3.8) is 0 Å². The second-order valence-corrected chi connectivity index (χ2v) is 10.6. The molecule has 0 aliphatic heterocycles. The molecule has 11 heteroatoms. The van der Waals surface area contributed by atoms with Gasteiger partial charge in [0.25, 0.3) is 0 Å². The van der Waals surface area contributed by atoms with Crippen LogP contribution in [-0.4, -0.2) is 54.0 Å². The average Bonchev–Trinajstić information content (AvgIpc) is 2.60.